The zero-order chi connectivity index (χ0) is 16.9. The quantitative estimate of drug-likeness (QED) is 0.819. The number of ether oxygens (including phenoxy) is 2. The lowest BCUT2D eigenvalue weighted by atomic mass is 10.1. The van der Waals surface area contributed by atoms with Crippen LogP contribution < -0.4 is 19.7 Å². The third-order valence-electron chi connectivity index (χ3n) is 4.87. The largest absolute Gasteiger partial charge is 0.454 e. The van der Waals surface area contributed by atoms with Crippen LogP contribution in [0.5, 0.6) is 11.5 Å². The topological polar surface area (TPSA) is 46.6 Å². The lowest BCUT2D eigenvalue weighted by molar-refractivity contribution is 0.173. The van der Waals surface area contributed by atoms with Crippen LogP contribution in [0.2, 0.25) is 0 Å². The van der Waals surface area contributed by atoms with Gasteiger partial charge in [-0.1, -0.05) is 12.1 Å². The maximum absolute atomic E-state index is 5.55. The minimum absolute atomic E-state index is 0.322. The van der Waals surface area contributed by atoms with Gasteiger partial charge in [0.15, 0.2) is 11.5 Å². The summed E-state index contributed by atoms with van der Waals surface area (Å²) < 4.78 is 11.0. The number of benzene rings is 1. The Morgan fingerprint density at radius 3 is 2.92 bits per heavy atom. The van der Waals surface area contributed by atoms with E-state index in [1.165, 1.54) is 24.8 Å². The van der Waals surface area contributed by atoms with E-state index in [1.54, 1.807) is 0 Å². The molecule has 132 valence electrons. The molecule has 2 aromatic rings. The van der Waals surface area contributed by atoms with Crippen LogP contribution in [0.25, 0.3) is 0 Å². The molecule has 0 unspecified atom stereocenters. The van der Waals surface area contributed by atoms with Gasteiger partial charge in [0, 0.05) is 31.4 Å². The third kappa shape index (κ3) is 3.87. The van der Waals surface area contributed by atoms with Crippen molar-refractivity contribution in [1.82, 2.24) is 10.3 Å². The number of anilines is 1. The van der Waals surface area contributed by atoms with E-state index < -0.39 is 0 Å². The zero-order valence-corrected chi connectivity index (χ0v) is 14.5. The van der Waals surface area contributed by atoms with Crippen molar-refractivity contribution in [2.45, 2.75) is 32.2 Å². The van der Waals surface area contributed by atoms with E-state index in [9.17, 15) is 0 Å². The molecule has 0 aliphatic carbocycles. The zero-order valence-electron chi connectivity index (χ0n) is 14.5. The van der Waals surface area contributed by atoms with Gasteiger partial charge >= 0.3 is 0 Å². The number of hydrogen-bond acceptors (Lipinski definition) is 5. The Morgan fingerprint density at radius 1 is 1.08 bits per heavy atom. The molecule has 0 radical (unpaired) electrons. The van der Waals surface area contributed by atoms with E-state index >= 15 is 0 Å². The molecule has 0 spiro atoms. The molecule has 1 saturated heterocycles. The summed E-state index contributed by atoms with van der Waals surface area (Å²) in [5, 5.41) is 3.51. The summed E-state index contributed by atoms with van der Waals surface area (Å²) in [6.07, 6.45) is 6.84. The Bertz CT molecular complexity index is 714. The number of piperidine rings is 1. The molecule has 2 aliphatic heterocycles. The molecule has 4 rings (SSSR count). The summed E-state index contributed by atoms with van der Waals surface area (Å²) in [6.45, 7) is 4.30. The number of nitrogens with one attached hydrogen (secondary N) is 1. The Hall–Kier alpha value is -2.27. The van der Waals surface area contributed by atoms with Crippen molar-refractivity contribution in [2.75, 3.05) is 31.3 Å². The van der Waals surface area contributed by atoms with E-state index in [2.05, 4.69) is 33.4 Å². The average molecular weight is 339 g/mol. The monoisotopic (exact) mass is 339 g/mol. The Morgan fingerprint density at radius 2 is 2.00 bits per heavy atom. The molecule has 2 aliphatic rings. The summed E-state index contributed by atoms with van der Waals surface area (Å²) in [6, 6.07) is 10.4. The highest BCUT2D eigenvalue weighted by Crippen LogP contribution is 2.35. The van der Waals surface area contributed by atoms with Crippen molar-refractivity contribution in [3.63, 3.8) is 0 Å². The first kappa shape index (κ1) is 16.2. The highest BCUT2D eigenvalue weighted by molar-refractivity contribution is 5.48. The van der Waals surface area contributed by atoms with Crippen LogP contribution in [0.3, 0.4) is 0 Å². The molecule has 25 heavy (non-hydrogen) atoms. The lowest BCUT2D eigenvalue weighted by Crippen LogP contribution is -2.30. The molecule has 1 aromatic carbocycles. The van der Waals surface area contributed by atoms with Crippen molar-refractivity contribution in [2.24, 2.45) is 0 Å². The molecular weight excluding hydrogens is 314 g/mol. The number of pyridine rings is 1. The molecule has 5 heteroatoms. The van der Waals surface area contributed by atoms with E-state index in [4.69, 9.17) is 9.47 Å². The predicted molar refractivity (Wildman–Crippen MR) is 98.3 cm³/mol. The smallest absolute Gasteiger partial charge is 0.231 e. The average Bonchev–Trinajstić information content (AvgIpc) is 3.16. The summed E-state index contributed by atoms with van der Waals surface area (Å²) in [4.78, 5) is 6.96. The van der Waals surface area contributed by atoms with E-state index in [0.717, 1.165) is 55.5 Å². The number of aromatic nitrogens is 1. The Labute approximate surface area is 149 Å². The van der Waals surface area contributed by atoms with Gasteiger partial charge in [-0.05, 0) is 56.0 Å². The molecule has 3 heterocycles. The normalized spacial score (nSPS) is 16.2. The van der Waals surface area contributed by atoms with Crippen molar-refractivity contribution < 1.29 is 9.47 Å². The second-order valence-electron chi connectivity index (χ2n) is 6.65. The van der Waals surface area contributed by atoms with E-state index in [-0.39, 0.29) is 0 Å². The summed E-state index contributed by atoms with van der Waals surface area (Å²) in [7, 11) is 0. The third-order valence-corrected chi connectivity index (χ3v) is 4.87. The van der Waals surface area contributed by atoms with Gasteiger partial charge in [-0.15, -0.1) is 0 Å². The highest BCUT2D eigenvalue weighted by Gasteiger charge is 2.16. The van der Waals surface area contributed by atoms with Crippen molar-refractivity contribution in [3.05, 3.63) is 47.7 Å². The fourth-order valence-corrected chi connectivity index (χ4v) is 3.50. The van der Waals surface area contributed by atoms with Crippen LogP contribution in [0.4, 0.5) is 5.82 Å². The van der Waals surface area contributed by atoms with Crippen LogP contribution >= 0.6 is 0 Å². The molecular formula is C20H25N3O2. The fourth-order valence-electron chi connectivity index (χ4n) is 3.50. The van der Waals surface area contributed by atoms with Crippen LogP contribution in [0.1, 0.15) is 30.4 Å². The number of hydrogen-bond donors (Lipinski definition) is 1. The summed E-state index contributed by atoms with van der Waals surface area (Å²) >= 11 is 0. The van der Waals surface area contributed by atoms with Gasteiger partial charge in [-0.25, -0.2) is 4.98 Å². The summed E-state index contributed by atoms with van der Waals surface area (Å²) in [5.41, 5.74) is 2.49. The standard InChI is InChI=1S/C20H25N3O2/c1-2-11-23(12-3-1)19-13-16(8-10-22-19)7-9-21-14-17-5-4-6-18-20(17)25-15-24-18/h4-6,8,10,13,21H,1-3,7,9,11-12,14-15H2. The van der Waals surface area contributed by atoms with Crippen LogP contribution in [0, 0.1) is 0 Å². The first-order valence-electron chi connectivity index (χ1n) is 9.18. The minimum Gasteiger partial charge on any atom is -0.454 e. The maximum Gasteiger partial charge on any atom is 0.231 e. The number of para-hydroxylation sites is 1. The van der Waals surface area contributed by atoms with Gasteiger partial charge in [0.25, 0.3) is 0 Å². The van der Waals surface area contributed by atoms with Crippen LogP contribution in [-0.2, 0) is 13.0 Å². The van der Waals surface area contributed by atoms with Gasteiger partial charge in [-0.2, -0.15) is 0 Å². The van der Waals surface area contributed by atoms with Gasteiger partial charge in [0.2, 0.25) is 6.79 Å². The van der Waals surface area contributed by atoms with Gasteiger partial charge < -0.3 is 19.7 Å². The van der Waals surface area contributed by atoms with Crippen molar-refractivity contribution in [3.8, 4) is 11.5 Å². The minimum atomic E-state index is 0.322. The number of nitrogens with zero attached hydrogens (tertiary/aromatic N) is 2. The maximum atomic E-state index is 5.55. The van der Waals surface area contributed by atoms with E-state index in [1.807, 2.05) is 18.3 Å². The van der Waals surface area contributed by atoms with Crippen molar-refractivity contribution in [1.29, 1.82) is 0 Å². The molecule has 1 fully saturated rings. The molecule has 0 atom stereocenters. The SMILES string of the molecule is c1cc(CNCCc2ccnc(N3CCCCC3)c2)c2c(c1)OCO2. The van der Waals surface area contributed by atoms with Crippen LogP contribution in [0.15, 0.2) is 36.5 Å². The van der Waals surface area contributed by atoms with Crippen molar-refractivity contribution >= 4 is 5.82 Å². The molecule has 1 N–H and O–H groups in total. The highest BCUT2D eigenvalue weighted by atomic mass is 16.7. The molecule has 0 saturated carbocycles. The summed E-state index contributed by atoms with van der Waals surface area (Å²) in [5.74, 6) is 2.86. The molecule has 5 nitrogen and oxygen atoms in total. The number of rotatable bonds is 6. The van der Waals surface area contributed by atoms with Crippen LogP contribution in [-0.4, -0.2) is 31.4 Å². The molecule has 0 bridgehead atoms. The second-order valence-corrected chi connectivity index (χ2v) is 6.65. The predicted octanol–water partition coefficient (Wildman–Crippen LogP) is 3.13. The van der Waals surface area contributed by atoms with Gasteiger partial charge in [-0.3, -0.25) is 0 Å². The molecule has 1 aromatic heterocycles. The number of fused-ring (bicyclic) bond motifs is 1. The van der Waals surface area contributed by atoms with Gasteiger partial charge in [0.05, 0.1) is 0 Å². The first-order chi connectivity index (χ1) is 12.4. The Balaban J connectivity index is 1.30. The molecule has 0 amide bonds. The first-order valence-corrected chi connectivity index (χ1v) is 9.18. The van der Waals surface area contributed by atoms with E-state index in [0.29, 0.717) is 6.79 Å². The second kappa shape index (κ2) is 7.74. The fraction of sp³-hybridized carbons (Fsp3) is 0.450. The van der Waals surface area contributed by atoms with Gasteiger partial charge in [0.1, 0.15) is 5.82 Å². The Kier molecular flexibility index (Phi) is 5.02. The lowest BCUT2D eigenvalue weighted by Gasteiger charge is -2.27.